The molecule has 4 aromatic rings. The fraction of sp³-hybridized carbons (Fsp3) is 0.310. The van der Waals surface area contributed by atoms with Crippen LogP contribution in [-0.4, -0.2) is 59.0 Å². The number of imidazole rings is 1. The molecule has 0 aliphatic heterocycles. The van der Waals surface area contributed by atoms with Crippen LogP contribution in [0.5, 0.6) is 5.75 Å². The zero-order valence-corrected chi connectivity index (χ0v) is 23.4. The van der Waals surface area contributed by atoms with Gasteiger partial charge in [0.05, 0.1) is 25.0 Å². The van der Waals surface area contributed by atoms with Gasteiger partial charge in [0.2, 0.25) is 11.7 Å². The highest BCUT2D eigenvalue weighted by Gasteiger charge is 2.19. The third-order valence-corrected chi connectivity index (χ3v) is 6.73. The number of ether oxygens (including phenoxy) is 1. The van der Waals surface area contributed by atoms with Crippen LogP contribution in [0.4, 0.5) is 20.3 Å². The third-order valence-electron chi connectivity index (χ3n) is 6.73. The molecule has 11 nitrogen and oxygen atoms in total. The van der Waals surface area contributed by atoms with E-state index in [1.807, 2.05) is 13.0 Å². The molecular weight excluding hydrogens is 546 g/mol. The highest BCUT2D eigenvalue weighted by atomic mass is 19.2. The number of carbonyl (C=O) groups is 2. The number of hydrogen-bond acceptors (Lipinski definition) is 8. The van der Waals surface area contributed by atoms with Crippen LogP contribution in [0.2, 0.25) is 0 Å². The van der Waals surface area contributed by atoms with Crippen molar-refractivity contribution >= 4 is 29.0 Å². The minimum Gasteiger partial charge on any atom is -0.494 e. The molecule has 1 atom stereocenters. The third kappa shape index (κ3) is 6.64. The topological polar surface area (TPSA) is 162 Å². The number of aryl methyl sites for hydroxylation is 1. The summed E-state index contributed by atoms with van der Waals surface area (Å²) in [4.78, 5) is 33.6. The summed E-state index contributed by atoms with van der Waals surface area (Å²) in [6.07, 6.45) is 6.31. The van der Waals surface area contributed by atoms with Gasteiger partial charge >= 0.3 is 0 Å². The van der Waals surface area contributed by atoms with Crippen molar-refractivity contribution in [3.05, 3.63) is 71.7 Å². The Hall–Kier alpha value is -4.62. The second-order valence-corrected chi connectivity index (χ2v) is 9.49. The standard InChI is InChI=1S/C29H34F2N8O3/c1-3-17-15-18(6-7-19(17)28(40)35-11-12-36-29(41)21(33)5-4-10-32)38-26-27-37-16-22(39(27)14-13-34-26)20-8-9-23(42-2)25(31)24(20)30/h6-9,13-16,21H,3-5,10-12,32-33H2,1-2H3,(H,34,38)(H,35,40)(H,36,41). The Bertz CT molecular complexity index is 1580. The van der Waals surface area contributed by atoms with Crippen molar-refractivity contribution in [1.82, 2.24) is 25.0 Å². The van der Waals surface area contributed by atoms with Gasteiger partial charge in [-0.3, -0.25) is 14.0 Å². The second-order valence-electron chi connectivity index (χ2n) is 9.49. The fourth-order valence-electron chi connectivity index (χ4n) is 4.47. The van der Waals surface area contributed by atoms with Gasteiger partial charge in [0.15, 0.2) is 23.0 Å². The lowest BCUT2D eigenvalue weighted by molar-refractivity contribution is -0.122. The molecule has 0 saturated carbocycles. The molecule has 0 fully saturated rings. The van der Waals surface area contributed by atoms with Crippen LogP contribution >= 0.6 is 0 Å². The van der Waals surface area contributed by atoms with Crippen molar-refractivity contribution in [2.24, 2.45) is 11.5 Å². The van der Waals surface area contributed by atoms with Crippen LogP contribution in [0.25, 0.3) is 16.9 Å². The van der Waals surface area contributed by atoms with E-state index < -0.39 is 17.7 Å². The number of methoxy groups -OCH3 is 1. The highest BCUT2D eigenvalue weighted by molar-refractivity contribution is 5.96. The van der Waals surface area contributed by atoms with Crippen molar-refractivity contribution in [3.8, 4) is 17.0 Å². The number of hydrogen-bond donors (Lipinski definition) is 5. The summed E-state index contributed by atoms with van der Waals surface area (Å²) in [6, 6.07) is 7.42. The van der Waals surface area contributed by atoms with Crippen LogP contribution in [0.15, 0.2) is 48.9 Å². The first-order valence-electron chi connectivity index (χ1n) is 13.5. The quantitative estimate of drug-likeness (QED) is 0.151. The van der Waals surface area contributed by atoms with E-state index in [-0.39, 0.29) is 36.2 Å². The van der Waals surface area contributed by atoms with Gasteiger partial charge in [0.25, 0.3) is 5.91 Å². The predicted octanol–water partition coefficient (Wildman–Crippen LogP) is 2.90. The van der Waals surface area contributed by atoms with Gasteiger partial charge in [0, 0.05) is 42.3 Å². The van der Waals surface area contributed by atoms with Crippen LogP contribution in [0.1, 0.15) is 35.7 Å². The van der Waals surface area contributed by atoms with E-state index >= 15 is 0 Å². The van der Waals surface area contributed by atoms with Crippen LogP contribution in [-0.2, 0) is 11.2 Å². The van der Waals surface area contributed by atoms with Gasteiger partial charge in [-0.25, -0.2) is 14.4 Å². The first-order chi connectivity index (χ1) is 20.3. The summed E-state index contributed by atoms with van der Waals surface area (Å²) >= 11 is 0. The summed E-state index contributed by atoms with van der Waals surface area (Å²) in [6.45, 7) is 2.89. The van der Waals surface area contributed by atoms with Gasteiger partial charge in [-0.05, 0) is 61.7 Å². The summed E-state index contributed by atoms with van der Waals surface area (Å²) in [5, 5.41) is 8.73. The molecule has 42 heavy (non-hydrogen) atoms. The van der Waals surface area contributed by atoms with Gasteiger partial charge < -0.3 is 32.2 Å². The monoisotopic (exact) mass is 580 g/mol. The molecular formula is C29H34F2N8O3. The second kappa shape index (κ2) is 13.8. The number of nitrogens with zero attached hydrogens (tertiary/aromatic N) is 3. The smallest absolute Gasteiger partial charge is 0.251 e. The SMILES string of the molecule is CCc1cc(Nc2nccn3c(-c4ccc(OC)c(F)c4F)cnc23)ccc1C(=O)NCCNC(=O)C(N)CCCN. The van der Waals surface area contributed by atoms with Crippen molar-refractivity contribution in [2.45, 2.75) is 32.2 Å². The molecule has 2 aromatic carbocycles. The maximum absolute atomic E-state index is 14.8. The van der Waals surface area contributed by atoms with E-state index in [2.05, 4.69) is 25.9 Å². The van der Waals surface area contributed by atoms with Gasteiger partial charge in [0.1, 0.15) is 0 Å². The van der Waals surface area contributed by atoms with E-state index in [9.17, 15) is 18.4 Å². The van der Waals surface area contributed by atoms with Gasteiger partial charge in [-0.15, -0.1) is 0 Å². The number of anilines is 2. The van der Waals surface area contributed by atoms with Crippen molar-refractivity contribution in [2.75, 3.05) is 32.1 Å². The summed E-state index contributed by atoms with van der Waals surface area (Å²) in [7, 11) is 1.27. The maximum Gasteiger partial charge on any atom is 0.251 e. The number of fused-ring (bicyclic) bond motifs is 1. The molecule has 0 aliphatic rings. The molecule has 1 unspecified atom stereocenters. The van der Waals surface area contributed by atoms with E-state index in [0.29, 0.717) is 54.2 Å². The Kier molecular flexibility index (Phi) is 9.99. The average molecular weight is 581 g/mol. The maximum atomic E-state index is 14.8. The normalized spacial score (nSPS) is 11.8. The molecule has 0 spiro atoms. The molecule has 0 radical (unpaired) electrons. The molecule has 0 aliphatic carbocycles. The first kappa shape index (κ1) is 30.3. The molecule has 222 valence electrons. The average Bonchev–Trinajstić information content (AvgIpc) is 3.44. The molecule has 13 heteroatoms. The van der Waals surface area contributed by atoms with Crippen LogP contribution in [0.3, 0.4) is 0 Å². The van der Waals surface area contributed by atoms with Gasteiger partial charge in [-0.1, -0.05) is 6.92 Å². The minimum atomic E-state index is -1.08. The Morgan fingerprint density at radius 1 is 1.10 bits per heavy atom. The minimum absolute atomic E-state index is 0.0237. The van der Waals surface area contributed by atoms with E-state index in [1.54, 1.807) is 22.7 Å². The summed E-state index contributed by atoms with van der Waals surface area (Å²) in [5.74, 6) is -2.48. The summed E-state index contributed by atoms with van der Waals surface area (Å²) in [5.41, 5.74) is 14.0. The molecule has 0 bridgehead atoms. The largest absolute Gasteiger partial charge is 0.494 e. The predicted molar refractivity (Wildman–Crippen MR) is 156 cm³/mol. The van der Waals surface area contributed by atoms with Crippen molar-refractivity contribution in [3.63, 3.8) is 0 Å². The Morgan fingerprint density at radius 2 is 1.88 bits per heavy atom. The molecule has 2 heterocycles. The lowest BCUT2D eigenvalue weighted by Gasteiger charge is -2.14. The van der Waals surface area contributed by atoms with E-state index in [0.717, 1.165) is 5.56 Å². The van der Waals surface area contributed by atoms with Crippen LogP contribution in [0, 0.1) is 11.6 Å². The van der Waals surface area contributed by atoms with Crippen molar-refractivity contribution in [1.29, 1.82) is 0 Å². The number of rotatable bonds is 13. The number of nitrogens with two attached hydrogens (primary N) is 2. The Balaban J connectivity index is 1.45. The number of carbonyl (C=O) groups excluding carboxylic acids is 2. The zero-order valence-electron chi connectivity index (χ0n) is 23.4. The lowest BCUT2D eigenvalue weighted by atomic mass is 10.0. The molecule has 2 amide bonds. The Labute approximate surface area is 241 Å². The lowest BCUT2D eigenvalue weighted by Crippen LogP contribution is -2.43. The Morgan fingerprint density at radius 3 is 2.62 bits per heavy atom. The number of aromatic nitrogens is 3. The van der Waals surface area contributed by atoms with Gasteiger partial charge in [-0.2, -0.15) is 4.39 Å². The van der Waals surface area contributed by atoms with E-state index in [4.69, 9.17) is 16.2 Å². The number of halogens is 2. The number of amides is 2. The van der Waals surface area contributed by atoms with E-state index in [1.165, 1.54) is 31.6 Å². The van der Waals surface area contributed by atoms with Crippen molar-refractivity contribution < 1.29 is 23.1 Å². The zero-order chi connectivity index (χ0) is 30.2. The molecule has 0 saturated heterocycles. The first-order valence-corrected chi connectivity index (χ1v) is 13.5. The van der Waals surface area contributed by atoms with Crippen LogP contribution < -0.4 is 32.2 Å². The number of benzene rings is 2. The molecule has 4 rings (SSSR count). The molecule has 7 N–H and O–H groups in total. The fourth-order valence-corrected chi connectivity index (χ4v) is 4.47. The molecule has 2 aromatic heterocycles. The summed E-state index contributed by atoms with van der Waals surface area (Å²) < 4.78 is 35.6. The highest BCUT2D eigenvalue weighted by Crippen LogP contribution is 2.31. The number of nitrogens with one attached hydrogen (secondary N) is 3.